The first kappa shape index (κ1) is 14.7. The number of carbonyl (C=O) groups is 1. The van der Waals surface area contributed by atoms with Crippen LogP contribution in [0.4, 0.5) is 4.39 Å². The van der Waals surface area contributed by atoms with E-state index in [1.165, 1.54) is 6.07 Å². The summed E-state index contributed by atoms with van der Waals surface area (Å²) < 4.78 is 14.9. The zero-order chi connectivity index (χ0) is 15.7. The molecule has 3 rings (SSSR count). The number of fused-ring (bicyclic) bond motifs is 1. The quantitative estimate of drug-likeness (QED) is 0.902. The van der Waals surface area contributed by atoms with Crippen LogP contribution in [-0.4, -0.2) is 22.7 Å². The zero-order valence-corrected chi connectivity index (χ0v) is 12.6. The number of hydrogen-bond donors (Lipinski definition) is 2. The Balaban J connectivity index is 1.75. The Morgan fingerprint density at radius 3 is 3.00 bits per heavy atom. The second-order valence-corrected chi connectivity index (χ2v) is 5.61. The molecule has 5 nitrogen and oxygen atoms in total. The summed E-state index contributed by atoms with van der Waals surface area (Å²) in [4.78, 5) is 12.5. The average molecular weight is 302 g/mol. The summed E-state index contributed by atoms with van der Waals surface area (Å²) in [5.74, 6) is -0.327. The van der Waals surface area contributed by atoms with E-state index in [0.29, 0.717) is 0 Å². The average Bonchev–Trinajstić information content (AvgIpc) is 3.07. The van der Waals surface area contributed by atoms with Crippen LogP contribution in [-0.2, 0) is 18.3 Å². The van der Waals surface area contributed by atoms with Gasteiger partial charge >= 0.3 is 0 Å². The molecule has 6 heteroatoms. The van der Waals surface area contributed by atoms with Gasteiger partial charge in [0, 0.05) is 18.8 Å². The lowest BCUT2D eigenvalue weighted by molar-refractivity contribution is -0.123. The fourth-order valence-electron chi connectivity index (χ4n) is 3.03. The van der Waals surface area contributed by atoms with Gasteiger partial charge in [-0.2, -0.15) is 5.10 Å². The van der Waals surface area contributed by atoms with E-state index >= 15 is 0 Å². The maximum absolute atomic E-state index is 13.3. The number of amides is 1. The van der Waals surface area contributed by atoms with Crippen LogP contribution < -0.4 is 10.6 Å². The van der Waals surface area contributed by atoms with Crippen molar-refractivity contribution in [3.05, 3.63) is 53.1 Å². The van der Waals surface area contributed by atoms with Gasteiger partial charge in [-0.1, -0.05) is 6.07 Å². The third-order valence-electron chi connectivity index (χ3n) is 4.11. The maximum Gasteiger partial charge on any atom is 0.242 e. The molecule has 0 aliphatic heterocycles. The molecule has 0 saturated carbocycles. The summed E-state index contributed by atoms with van der Waals surface area (Å²) in [6.45, 7) is 0. The Morgan fingerprint density at radius 1 is 1.50 bits per heavy atom. The van der Waals surface area contributed by atoms with Crippen molar-refractivity contribution in [1.29, 1.82) is 0 Å². The van der Waals surface area contributed by atoms with E-state index in [2.05, 4.69) is 15.7 Å². The highest BCUT2D eigenvalue weighted by Crippen LogP contribution is 2.32. The normalized spacial score (nSPS) is 18.0. The van der Waals surface area contributed by atoms with E-state index in [-0.39, 0.29) is 17.8 Å². The number of aromatic nitrogens is 2. The predicted octanol–water partition coefficient (Wildman–Crippen LogP) is 1.62. The summed E-state index contributed by atoms with van der Waals surface area (Å²) in [6.07, 6.45) is 5.08. The van der Waals surface area contributed by atoms with Crippen LogP contribution in [0.2, 0.25) is 0 Å². The van der Waals surface area contributed by atoms with Crippen molar-refractivity contribution in [2.75, 3.05) is 7.05 Å². The number of aryl methyl sites for hydroxylation is 2. The van der Waals surface area contributed by atoms with Crippen molar-refractivity contribution in [2.45, 2.75) is 24.9 Å². The molecule has 0 fully saturated rings. The van der Waals surface area contributed by atoms with Crippen LogP contribution in [0.25, 0.3) is 0 Å². The van der Waals surface area contributed by atoms with Gasteiger partial charge in [-0.05, 0) is 43.1 Å². The molecule has 1 aromatic carbocycles. The minimum Gasteiger partial charge on any atom is -0.348 e. The largest absolute Gasteiger partial charge is 0.348 e. The highest BCUT2D eigenvalue weighted by Gasteiger charge is 2.28. The highest BCUT2D eigenvalue weighted by atomic mass is 19.1. The van der Waals surface area contributed by atoms with Crippen LogP contribution in [0.15, 0.2) is 30.6 Å². The molecule has 1 amide bonds. The van der Waals surface area contributed by atoms with Gasteiger partial charge in [-0.25, -0.2) is 4.39 Å². The highest BCUT2D eigenvalue weighted by molar-refractivity contribution is 5.83. The first-order valence-corrected chi connectivity index (χ1v) is 7.33. The minimum absolute atomic E-state index is 0.0596. The van der Waals surface area contributed by atoms with Crippen molar-refractivity contribution in [3.63, 3.8) is 0 Å². The van der Waals surface area contributed by atoms with Gasteiger partial charge in [-0.15, -0.1) is 0 Å². The van der Waals surface area contributed by atoms with Gasteiger partial charge < -0.3 is 10.6 Å². The van der Waals surface area contributed by atoms with E-state index < -0.39 is 6.04 Å². The molecule has 1 aromatic heterocycles. The van der Waals surface area contributed by atoms with Crippen molar-refractivity contribution >= 4 is 5.91 Å². The number of carbonyl (C=O) groups excluding carboxylic acids is 1. The summed E-state index contributed by atoms with van der Waals surface area (Å²) in [6, 6.07) is 4.26. The number of halogens is 1. The second-order valence-electron chi connectivity index (χ2n) is 5.61. The van der Waals surface area contributed by atoms with Crippen molar-refractivity contribution in [2.24, 2.45) is 7.05 Å². The van der Waals surface area contributed by atoms with Gasteiger partial charge in [0.05, 0.1) is 12.2 Å². The first-order chi connectivity index (χ1) is 10.6. The summed E-state index contributed by atoms with van der Waals surface area (Å²) in [5, 5.41) is 10.2. The van der Waals surface area contributed by atoms with Crippen molar-refractivity contribution in [3.8, 4) is 0 Å². The minimum atomic E-state index is -0.446. The maximum atomic E-state index is 13.3. The smallest absolute Gasteiger partial charge is 0.242 e. The second kappa shape index (κ2) is 5.88. The van der Waals surface area contributed by atoms with Gasteiger partial charge in [0.1, 0.15) is 11.9 Å². The number of nitrogens with zero attached hydrogens (tertiary/aromatic N) is 2. The molecule has 0 bridgehead atoms. The zero-order valence-electron chi connectivity index (χ0n) is 12.6. The van der Waals surface area contributed by atoms with Crippen LogP contribution in [0.3, 0.4) is 0 Å². The number of benzene rings is 1. The van der Waals surface area contributed by atoms with Crippen LogP contribution >= 0.6 is 0 Å². The monoisotopic (exact) mass is 302 g/mol. The lowest BCUT2D eigenvalue weighted by Gasteiger charge is -2.19. The predicted molar refractivity (Wildman–Crippen MR) is 80.6 cm³/mol. The van der Waals surface area contributed by atoms with Gasteiger partial charge in [-0.3, -0.25) is 9.48 Å². The SMILES string of the molecule is CNC(C(=O)NC1CCc2cc(F)ccc21)c1cnn(C)c1. The molecule has 1 heterocycles. The number of rotatable bonds is 4. The van der Waals surface area contributed by atoms with E-state index in [1.807, 2.05) is 13.2 Å². The van der Waals surface area contributed by atoms with Crippen LogP contribution in [0.1, 0.15) is 35.2 Å². The number of nitrogens with one attached hydrogen (secondary N) is 2. The topological polar surface area (TPSA) is 59.0 Å². The molecule has 116 valence electrons. The molecule has 0 radical (unpaired) electrons. The third kappa shape index (κ3) is 2.74. The summed E-state index contributed by atoms with van der Waals surface area (Å²) in [5.41, 5.74) is 2.81. The summed E-state index contributed by atoms with van der Waals surface area (Å²) >= 11 is 0. The molecule has 22 heavy (non-hydrogen) atoms. The van der Waals surface area contributed by atoms with Gasteiger partial charge in [0.15, 0.2) is 0 Å². The van der Waals surface area contributed by atoms with Crippen LogP contribution in [0, 0.1) is 5.82 Å². The first-order valence-electron chi connectivity index (χ1n) is 7.33. The number of likely N-dealkylation sites (N-methyl/N-ethyl adjacent to an activating group) is 1. The van der Waals surface area contributed by atoms with E-state index in [9.17, 15) is 9.18 Å². The lowest BCUT2D eigenvalue weighted by atomic mass is 10.1. The third-order valence-corrected chi connectivity index (χ3v) is 4.11. The molecule has 0 spiro atoms. The Kier molecular flexibility index (Phi) is 3.94. The molecule has 0 saturated heterocycles. The van der Waals surface area contributed by atoms with Crippen molar-refractivity contribution < 1.29 is 9.18 Å². The molecule has 2 unspecified atom stereocenters. The standard InChI is InChI=1S/C16H19FN4O/c1-18-15(11-8-19-21(2)9-11)16(22)20-14-6-3-10-7-12(17)4-5-13(10)14/h4-5,7-9,14-15,18H,3,6H2,1-2H3,(H,20,22). The fraction of sp³-hybridized carbons (Fsp3) is 0.375. The molecule has 2 N–H and O–H groups in total. The molecule has 1 aliphatic rings. The number of hydrogen-bond acceptors (Lipinski definition) is 3. The molecular weight excluding hydrogens is 283 g/mol. The Hall–Kier alpha value is -2.21. The molecule has 2 aromatic rings. The van der Waals surface area contributed by atoms with E-state index in [0.717, 1.165) is 29.5 Å². The fourth-order valence-corrected chi connectivity index (χ4v) is 3.03. The molecule has 1 aliphatic carbocycles. The van der Waals surface area contributed by atoms with Crippen molar-refractivity contribution in [1.82, 2.24) is 20.4 Å². The molecule has 2 atom stereocenters. The molecular formula is C16H19FN4O. The lowest BCUT2D eigenvalue weighted by Crippen LogP contribution is -2.37. The Labute approximate surface area is 128 Å². The van der Waals surface area contributed by atoms with Gasteiger partial charge in [0.25, 0.3) is 0 Å². The summed E-state index contributed by atoms with van der Waals surface area (Å²) in [7, 11) is 3.56. The van der Waals surface area contributed by atoms with E-state index in [1.54, 1.807) is 30.1 Å². The van der Waals surface area contributed by atoms with Crippen LogP contribution in [0.5, 0.6) is 0 Å². The van der Waals surface area contributed by atoms with E-state index in [4.69, 9.17) is 0 Å². The Morgan fingerprint density at radius 2 is 2.32 bits per heavy atom. The van der Waals surface area contributed by atoms with Gasteiger partial charge in [0.2, 0.25) is 5.91 Å². The Bertz CT molecular complexity index is 697.